The lowest BCUT2D eigenvalue weighted by molar-refractivity contribution is -0.159. The Hall–Kier alpha value is -3.02. The van der Waals surface area contributed by atoms with Crippen molar-refractivity contribution >= 4 is 45.3 Å². The number of alkyl halides is 1. The van der Waals surface area contributed by atoms with Crippen molar-refractivity contribution in [3.8, 4) is 0 Å². The third kappa shape index (κ3) is 6.30. The van der Waals surface area contributed by atoms with Crippen LogP contribution in [0, 0.1) is 25.7 Å². The lowest BCUT2D eigenvalue weighted by Gasteiger charge is -2.37. The van der Waals surface area contributed by atoms with Gasteiger partial charge in [0.2, 0.25) is 11.8 Å². The average Bonchev–Trinajstić information content (AvgIpc) is 3.56. The standard InChI is InChI=1S/C32H42BrN3O7/c1-6-8-10-24(38)34-18-21(5)42-31(41)25-26-29(39)36(14-9-15-37)28(32(26)17-22(33)27(25)43-32)30(40)35(13-7-2)23-16-19(3)11-12-20(23)4/h6-7,11-12,16,21-22,25-28,37H,1-2,8-10,13-15,17-18H2,3-5H3,(H,34,38)/t21-,22?,25+,26-,27+,28+,32-/m0/s1. The lowest BCUT2D eigenvalue weighted by atomic mass is 9.70. The fraction of sp³-hybridized carbons (Fsp3) is 0.562. The molecule has 1 unspecified atom stereocenters. The highest BCUT2D eigenvalue weighted by atomic mass is 79.9. The quantitative estimate of drug-likeness (QED) is 0.179. The van der Waals surface area contributed by atoms with Gasteiger partial charge in [-0.25, -0.2) is 0 Å². The Morgan fingerprint density at radius 2 is 2.05 bits per heavy atom. The van der Waals surface area contributed by atoms with Gasteiger partial charge in [-0.2, -0.15) is 0 Å². The second-order valence-electron chi connectivity index (χ2n) is 11.7. The van der Waals surface area contributed by atoms with E-state index < -0.39 is 41.7 Å². The van der Waals surface area contributed by atoms with Crippen molar-refractivity contribution in [3.63, 3.8) is 0 Å². The summed E-state index contributed by atoms with van der Waals surface area (Å²) in [4.78, 5) is 57.2. The van der Waals surface area contributed by atoms with Gasteiger partial charge in [-0.1, -0.05) is 40.2 Å². The van der Waals surface area contributed by atoms with Gasteiger partial charge in [0.25, 0.3) is 5.91 Å². The van der Waals surface area contributed by atoms with Gasteiger partial charge in [0, 0.05) is 36.6 Å². The highest BCUT2D eigenvalue weighted by molar-refractivity contribution is 9.09. The number of nitrogens with one attached hydrogen (secondary N) is 1. The van der Waals surface area contributed by atoms with E-state index in [0.29, 0.717) is 18.5 Å². The zero-order valence-corrected chi connectivity index (χ0v) is 26.7. The molecule has 234 valence electrons. The number of likely N-dealkylation sites (tertiary alicyclic amines) is 1. The Labute approximate surface area is 261 Å². The summed E-state index contributed by atoms with van der Waals surface area (Å²) >= 11 is 3.67. The second kappa shape index (κ2) is 13.7. The summed E-state index contributed by atoms with van der Waals surface area (Å²) in [6.07, 6.45) is 3.44. The summed E-state index contributed by atoms with van der Waals surface area (Å²) in [5, 5.41) is 12.4. The second-order valence-corrected chi connectivity index (χ2v) is 12.9. The van der Waals surface area contributed by atoms with Crippen LogP contribution in [0.5, 0.6) is 0 Å². The van der Waals surface area contributed by atoms with Gasteiger partial charge in [-0.05, 0) is 57.2 Å². The van der Waals surface area contributed by atoms with Crippen LogP contribution in [0.2, 0.25) is 0 Å². The molecule has 3 amide bonds. The first-order valence-electron chi connectivity index (χ1n) is 14.8. The molecule has 4 rings (SSSR count). The summed E-state index contributed by atoms with van der Waals surface area (Å²) < 4.78 is 12.3. The van der Waals surface area contributed by atoms with E-state index in [9.17, 15) is 24.3 Å². The van der Waals surface area contributed by atoms with Crippen LogP contribution in [-0.4, -0.2) is 88.6 Å². The third-order valence-electron chi connectivity index (χ3n) is 8.57. The molecule has 2 N–H and O–H groups in total. The maximum atomic E-state index is 14.6. The molecule has 7 atom stereocenters. The number of ether oxygens (including phenoxy) is 2. The Balaban J connectivity index is 1.65. The third-order valence-corrected chi connectivity index (χ3v) is 9.41. The van der Waals surface area contributed by atoms with Gasteiger partial charge in [0.1, 0.15) is 17.7 Å². The number of aliphatic hydroxyl groups is 1. The van der Waals surface area contributed by atoms with Crippen LogP contribution in [0.25, 0.3) is 0 Å². The molecule has 3 heterocycles. The maximum Gasteiger partial charge on any atom is 0.312 e. The number of nitrogens with zero attached hydrogens (tertiary/aromatic N) is 2. The van der Waals surface area contributed by atoms with E-state index in [4.69, 9.17) is 9.47 Å². The molecule has 0 saturated carbocycles. The molecule has 0 radical (unpaired) electrons. The largest absolute Gasteiger partial charge is 0.460 e. The number of fused-ring (bicyclic) bond motifs is 1. The van der Waals surface area contributed by atoms with Crippen molar-refractivity contribution in [1.82, 2.24) is 10.2 Å². The molecule has 3 fully saturated rings. The molecule has 1 aromatic carbocycles. The van der Waals surface area contributed by atoms with E-state index in [-0.39, 0.29) is 61.6 Å². The molecule has 0 aromatic heterocycles. The number of aliphatic hydroxyl groups excluding tert-OH is 1. The predicted octanol–water partition coefficient (Wildman–Crippen LogP) is 2.97. The summed E-state index contributed by atoms with van der Waals surface area (Å²) in [5.74, 6) is -3.33. The van der Waals surface area contributed by atoms with E-state index in [1.807, 2.05) is 32.0 Å². The molecule has 11 heteroatoms. The maximum absolute atomic E-state index is 14.6. The monoisotopic (exact) mass is 659 g/mol. The highest BCUT2D eigenvalue weighted by Gasteiger charge is 2.77. The number of amides is 3. The Bertz CT molecular complexity index is 1270. The first-order valence-corrected chi connectivity index (χ1v) is 15.7. The van der Waals surface area contributed by atoms with E-state index in [1.165, 1.54) is 4.90 Å². The first kappa shape index (κ1) is 32.9. The molecule has 1 spiro atoms. The van der Waals surface area contributed by atoms with Crippen LogP contribution in [-0.2, 0) is 28.7 Å². The molecular formula is C32H42BrN3O7. The van der Waals surface area contributed by atoms with Crippen LogP contribution in [0.4, 0.5) is 5.69 Å². The Kier molecular flexibility index (Phi) is 10.5. The zero-order chi connectivity index (χ0) is 31.5. The van der Waals surface area contributed by atoms with Crippen LogP contribution in [0.15, 0.2) is 43.5 Å². The number of carbonyl (C=O) groups is 4. The average molecular weight is 661 g/mol. The van der Waals surface area contributed by atoms with E-state index in [0.717, 1.165) is 11.1 Å². The van der Waals surface area contributed by atoms with Gasteiger partial charge in [0.05, 0.1) is 24.5 Å². The summed E-state index contributed by atoms with van der Waals surface area (Å²) in [6, 6.07) is 4.83. The SMILES string of the molecule is C=CCCC(=O)NC[C@H](C)OC(=O)[C@H]1[C@@H]2O[C@@]3(CC2Br)[C@@H]1C(=O)N(CCCO)[C@@H]3C(=O)N(CC=C)c1cc(C)ccc1C. The minimum Gasteiger partial charge on any atom is -0.460 e. The van der Waals surface area contributed by atoms with Crippen LogP contribution in [0.1, 0.15) is 43.7 Å². The number of hydrogen-bond donors (Lipinski definition) is 2. The molecule has 2 bridgehead atoms. The number of carbonyl (C=O) groups excluding carboxylic acids is 4. The lowest BCUT2D eigenvalue weighted by Crippen LogP contribution is -2.57. The molecule has 3 aliphatic heterocycles. The van der Waals surface area contributed by atoms with Crippen molar-refractivity contribution in [2.24, 2.45) is 11.8 Å². The molecular weight excluding hydrogens is 618 g/mol. The topological polar surface area (TPSA) is 125 Å². The van der Waals surface area contributed by atoms with Gasteiger partial charge >= 0.3 is 5.97 Å². The number of allylic oxidation sites excluding steroid dienone is 1. The van der Waals surface area contributed by atoms with E-state index in [1.54, 1.807) is 24.0 Å². The zero-order valence-electron chi connectivity index (χ0n) is 25.1. The fourth-order valence-corrected chi connectivity index (χ4v) is 7.59. The van der Waals surface area contributed by atoms with Gasteiger partial charge in [0.15, 0.2) is 0 Å². The van der Waals surface area contributed by atoms with Crippen molar-refractivity contribution in [2.45, 2.75) is 75.1 Å². The predicted molar refractivity (Wildman–Crippen MR) is 166 cm³/mol. The van der Waals surface area contributed by atoms with Crippen molar-refractivity contribution < 1.29 is 33.8 Å². The van der Waals surface area contributed by atoms with Crippen molar-refractivity contribution in [1.29, 1.82) is 0 Å². The molecule has 3 aliphatic rings. The smallest absolute Gasteiger partial charge is 0.312 e. The van der Waals surface area contributed by atoms with Crippen molar-refractivity contribution in [2.75, 3.05) is 31.1 Å². The van der Waals surface area contributed by atoms with Crippen molar-refractivity contribution in [3.05, 3.63) is 54.6 Å². The molecule has 43 heavy (non-hydrogen) atoms. The van der Waals surface area contributed by atoms with Gasteiger partial charge in [-0.15, -0.1) is 13.2 Å². The molecule has 1 aromatic rings. The number of rotatable bonds is 14. The molecule has 10 nitrogen and oxygen atoms in total. The van der Waals surface area contributed by atoms with Crippen LogP contribution in [0.3, 0.4) is 0 Å². The van der Waals surface area contributed by atoms with Crippen LogP contribution < -0.4 is 10.2 Å². The molecule has 0 aliphatic carbocycles. The van der Waals surface area contributed by atoms with E-state index >= 15 is 0 Å². The number of esters is 1. The number of benzene rings is 1. The number of aryl methyl sites for hydroxylation is 2. The summed E-state index contributed by atoms with van der Waals surface area (Å²) in [5.41, 5.74) is 1.32. The first-order chi connectivity index (χ1) is 20.5. The number of halogens is 1. The molecule has 3 saturated heterocycles. The van der Waals surface area contributed by atoms with Gasteiger partial charge in [-0.3, -0.25) is 19.2 Å². The fourth-order valence-electron chi connectivity index (χ4n) is 6.65. The minimum absolute atomic E-state index is 0.123. The normalized spacial score (nSPS) is 27.9. The van der Waals surface area contributed by atoms with E-state index in [2.05, 4.69) is 34.4 Å². The van der Waals surface area contributed by atoms with Crippen LogP contribution >= 0.6 is 15.9 Å². The number of hydrogen-bond acceptors (Lipinski definition) is 7. The minimum atomic E-state index is -1.26. The Morgan fingerprint density at radius 1 is 1.30 bits per heavy atom. The van der Waals surface area contributed by atoms with Gasteiger partial charge < -0.3 is 29.7 Å². The highest BCUT2D eigenvalue weighted by Crippen LogP contribution is 2.60. The summed E-state index contributed by atoms with van der Waals surface area (Å²) in [6.45, 7) is 13.3. The summed E-state index contributed by atoms with van der Waals surface area (Å²) in [7, 11) is 0. The Morgan fingerprint density at radius 3 is 2.72 bits per heavy atom. The number of anilines is 1.